The molecule has 0 unspecified atom stereocenters. The van der Waals surface area contributed by atoms with Gasteiger partial charge >= 0.3 is 0 Å². The Balaban J connectivity index is 2.34. The number of rotatable bonds is 3. The summed E-state index contributed by atoms with van der Waals surface area (Å²) in [5, 5.41) is 3.22. The van der Waals surface area contributed by atoms with Crippen LogP contribution in [0.3, 0.4) is 0 Å². The first kappa shape index (κ1) is 13.6. The summed E-state index contributed by atoms with van der Waals surface area (Å²) in [6.45, 7) is 1.82. The summed E-state index contributed by atoms with van der Waals surface area (Å²) >= 11 is 6.12. The summed E-state index contributed by atoms with van der Waals surface area (Å²) in [6, 6.07) is 14.3. The average Bonchev–Trinajstić information content (AvgIpc) is 2.39. The number of nitrogens with two attached hydrogens (primary N) is 1. The zero-order valence-electron chi connectivity index (χ0n) is 10.6. The van der Waals surface area contributed by atoms with E-state index in [9.17, 15) is 4.79 Å². The van der Waals surface area contributed by atoms with Crippen LogP contribution in [0.2, 0.25) is 5.02 Å². The first-order valence-corrected chi connectivity index (χ1v) is 6.38. The molecule has 0 heterocycles. The quantitative estimate of drug-likeness (QED) is 0.898. The molecule has 1 atom stereocenters. The van der Waals surface area contributed by atoms with Crippen molar-refractivity contribution in [3.05, 3.63) is 64.7 Å². The number of para-hydroxylation sites is 1. The number of halogens is 1. The van der Waals surface area contributed by atoms with Crippen molar-refractivity contribution < 1.29 is 4.79 Å². The predicted molar refractivity (Wildman–Crippen MR) is 78.4 cm³/mol. The second-order valence-corrected chi connectivity index (χ2v) is 4.72. The molecule has 98 valence electrons. The van der Waals surface area contributed by atoms with Gasteiger partial charge in [-0.2, -0.15) is 0 Å². The van der Waals surface area contributed by atoms with Crippen LogP contribution in [0.1, 0.15) is 28.9 Å². The van der Waals surface area contributed by atoms with Crippen molar-refractivity contribution in [1.82, 2.24) is 0 Å². The molecule has 0 radical (unpaired) electrons. The Morgan fingerprint density at radius 2 is 1.84 bits per heavy atom. The Hall–Kier alpha value is -1.84. The van der Waals surface area contributed by atoms with Crippen molar-refractivity contribution in [2.45, 2.75) is 13.0 Å². The highest BCUT2D eigenvalue weighted by Gasteiger charge is 2.17. The van der Waals surface area contributed by atoms with E-state index in [4.69, 9.17) is 17.3 Å². The summed E-state index contributed by atoms with van der Waals surface area (Å²) in [5.74, 6) is -0.246. The monoisotopic (exact) mass is 274 g/mol. The molecule has 2 aromatic carbocycles. The van der Waals surface area contributed by atoms with Crippen molar-refractivity contribution in [2.75, 3.05) is 5.32 Å². The van der Waals surface area contributed by atoms with E-state index in [1.807, 2.05) is 43.3 Å². The van der Waals surface area contributed by atoms with Gasteiger partial charge in [-0.25, -0.2) is 0 Å². The highest BCUT2D eigenvalue weighted by Crippen LogP contribution is 2.25. The average molecular weight is 275 g/mol. The topological polar surface area (TPSA) is 55.1 Å². The van der Waals surface area contributed by atoms with Crippen molar-refractivity contribution in [3.63, 3.8) is 0 Å². The van der Waals surface area contributed by atoms with Crippen LogP contribution >= 0.6 is 11.6 Å². The normalized spacial score (nSPS) is 11.9. The Labute approximate surface area is 117 Å². The second kappa shape index (κ2) is 5.87. The zero-order valence-corrected chi connectivity index (χ0v) is 11.3. The van der Waals surface area contributed by atoms with Crippen LogP contribution in [0, 0.1) is 0 Å². The number of hydrogen-bond acceptors (Lipinski definition) is 2. The lowest BCUT2D eigenvalue weighted by molar-refractivity contribution is 0.102. The second-order valence-electron chi connectivity index (χ2n) is 4.31. The third kappa shape index (κ3) is 3.13. The highest BCUT2D eigenvalue weighted by molar-refractivity contribution is 6.34. The summed E-state index contributed by atoms with van der Waals surface area (Å²) in [6.07, 6.45) is 0. The minimum Gasteiger partial charge on any atom is -0.324 e. The van der Waals surface area contributed by atoms with Gasteiger partial charge in [0.25, 0.3) is 5.91 Å². The molecule has 2 aromatic rings. The molecule has 19 heavy (non-hydrogen) atoms. The van der Waals surface area contributed by atoms with Crippen LogP contribution in [0.15, 0.2) is 48.5 Å². The molecular weight excluding hydrogens is 260 g/mol. The number of carbonyl (C=O) groups is 1. The molecule has 4 heteroatoms. The minimum atomic E-state index is -0.254. The molecule has 0 fully saturated rings. The molecule has 0 aliphatic heterocycles. The first-order chi connectivity index (χ1) is 9.09. The van der Waals surface area contributed by atoms with Crippen LogP contribution in [0.5, 0.6) is 0 Å². The van der Waals surface area contributed by atoms with E-state index in [0.29, 0.717) is 10.6 Å². The fourth-order valence-electron chi connectivity index (χ4n) is 1.87. The molecule has 0 aromatic heterocycles. The Kier molecular flexibility index (Phi) is 4.20. The fourth-order valence-corrected chi connectivity index (χ4v) is 2.14. The van der Waals surface area contributed by atoms with Crippen molar-refractivity contribution in [3.8, 4) is 0 Å². The molecule has 1 amide bonds. The van der Waals surface area contributed by atoms with Crippen molar-refractivity contribution in [2.24, 2.45) is 5.73 Å². The van der Waals surface area contributed by atoms with Gasteiger partial charge in [0.15, 0.2) is 0 Å². The summed E-state index contributed by atoms with van der Waals surface area (Å²) in [7, 11) is 0. The van der Waals surface area contributed by atoms with Crippen LogP contribution in [0.25, 0.3) is 0 Å². The minimum absolute atomic E-state index is 0.246. The number of carbonyl (C=O) groups excluding carboxylic acids is 1. The fraction of sp³-hybridized carbons (Fsp3) is 0.133. The van der Waals surface area contributed by atoms with E-state index in [1.165, 1.54) is 0 Å². The molecule has 3 N–H and O–H groups in total. The van der Waals surface area contributed by atoms with Gasteiger partial charge in [0.05, 0.1) is 10.6 Å². The van der Waals surface area contributed by atoms with Gasteiger partial charge < -0.3 is 11.1 Å². The molecule has 0 saturated carbocycles. The number of benzene rings is 2. The van der Waals surface area contributed by atoms with Crippen LogP contribution in [-0.2, 0) is 0 Å². The lowest BCUT2D eigenvalue weighted by atomic mass is 10.0. The number of anilines is 1. The predicted octanol–water partition coefficient (Wildman–Crippen LogP) is 3.61. The maximum absolute atomic E-state index is 12.3. The molecule has 0 aliphatic carbocycles. The molecule has 0 saturated heterocycles. The van der Waals surface area contributed by atoms with E-state index in [1.54, 1.807) is 12.1 Å². The molecular formula is C15H15ClN2O. The number of nitrogens with one attached hydrogen (secondary N) is 1. The summed E-state index contributed by atoms with van der Waals surface area (Å²) < 4.78 is 0. The molecule has 3 nitrogen and oxygen atoms in total. The third-order valence-electron chi connectivity index (χ3n) is 2.80. The van der Waals surface area contributed by atoms with E-state index < -0.39 is 0 Å². The highest BCUT2D eigenvalue weighted by atomic mass is 35.5. The summed E-state index contributed by atoms with van der Waals surface area (Å²) in [5.41, 5.74) is 7.77. The van der Waals surface area contributed by atoms with Gasteiger partial charge in [0.2, 0.25) is 0 Å². The van der Waals surface area contributed by atoms with Gasteiger partial charge in [-0.15, -0.1) is 0 Å². The zero-order chi connectivity index (χ0) is 13.8. The largest absolute Gasteiger partial charge is 0.324 e. The van der Waals surface area contributed by atoms with E-state index in [2.05, 4.69) is 5.32 Å². The van der Waals surface area contributed by atoms with Gasteiger partial charge in [-0.3, -0.25) is 4.79 Å². The SMILES string of the molecule is C[C@H](N)c1cccc(Cl)c1C(=O)Nc1ccccc1. The Morgan fingerprint density at radius 3 is 2.47 bits per heavy atom. The Morgan fingerprint density at radius 1 is 1.16 bits per heavy atom. The Bertz CT molecular complexity index is 582. The van der Waals surface area contributed by atoms with Crippen molar-refractivity contribution >= 4 is 23.2 Å². The molecule has 0 spiro atoms. The number of hydrogen-bond donors (Lipinski definition) is 2. The van der Waals surface area contributed by atoms with Crippen molar-refractivity contribution in [1.29, 1.82) is 0 Å². The molecule has 0 aliphatic rings. The van der Waals surface area contributed by atoms with E-state index in [-0.39, 0.29) is 11.9 Å². The van der Waals surface area contributed by atoms with E-state index >= 15 is 0 Å². The molecule has 2 rings (SSSR count). The molecule has 0 bridgehead atoms. The van der Waals surface area contributed by atoms with Crippen LogP contribution in [0.4, 0.5) is 5.69 Å². The van der Waals surface area contributed by atoms with Crippen LogP contribution in [-0.4, -0.2) is 5.91 Å². The van der Waals surface area contributed by atoms with Gasteiger partial charge in [0, 0.05) is 11.7 Å². The van der Waals surface area contributed by atoms with Gasteiger partial charge in [-0.05, 0) is 30.7 Å². The lowest BCUT2D eigenvalue weighted by Gasteiger charge is -2.14. The summed E-state index contributed by atoms with van der Waals surface area (Å²) in [4.78, 5) is 12.3. The van der Waals surface area contributed by atoms with Gasteiger partial charge in [-0.1, -0.05) is 41.9 Å². The lowest BCUT2D eigenvalue weighted by Crippen LogP contribution is -2.18. The number of amides is 1. The maximum atomic E-state index is 12.3. The maximum Gasteiger partial charge on any atom is 0.257 e. The van der Waals surface area contributed by atoms with Crippen LogP contribution < -0.4 is 11.1 Å². The van der Waals surface area contributed by atoms with E-state index in [0.717, 1.165) is 11.3 Å². The third-order valence-corrected chi connectivity index (χ3v) is 3.11. The standard InChI is InChI=1S/C15H15ClN2O/c1-10(17)12-8-5-9-13(16)14(12)15(19)18-11-6-3-2-4-7-11/h2-10H,17H2,1H3,(H,18,19)/t10-/m0/s1. The van der Waals surface area contributed by atoms with Gasteiger partial charge in [0.1, 0.15) is 0 Å². The smallest absolute Gasteiger partial charge is 0.257 e. The first-order valence-electron chi connectivity index (χ1n) is 6.00.